The van der Waals surface area contributed by atoms with Crippen LogP contribution in [0.25, 0.3) is 0 Å². The van der Waals surface area contributed by atoms with Gasteiger partial charge in [0, 0.05) is 5.56 Å². The fourth-order valence-corrected chi connectivity index (χ4v) is 2.24. The van der Waals surface area contributed by atoms with Gasteiger partial charge < -0.3 is 10.5 Å². The number of hydrogen-bond donors (Lipinski definition) is 1. The van der Waals surface area contributed by atoms with Crippen molar-refractivity contribution < 1.29 is 4.74 Å². The highest BCUT2D eigenvalue weighted by Gasteiger charge is 2.20. The van der Waals surface area contributed by atoms with E-state index in [4.69, 9.17) is 10.5 Å². The van der Waals surface area contributed by atoms with E-state index in [1.54, 1.807) is 0 Å². The van der Waals surface area contributed by atoms with Gasteiger partial charge in [0.15, 0.2) is 5.75 Å². The van der Waals surface area contributed by atoms with Gasteiger partial charge in [0.25, 0.3) is 0 Å². The van der Waals surface area contributed by atoms with Crippen molar-refractivity contribution in [1.29, 1.82) is 0 Å². The molecule has 0 fully saturated rings. The van der Waals surface area contributed by atoms with Crippen LogP contribution in [0.5, 0.6) is 11.5 Å². The first-order valence-electron chi connectivity index (χ1n) is 6.93. The van der Waals surface area contributed by atoms with Crippen LogP contribution >= 0.6 is 0 Å². The predicted octanol–water partition coefficient (Wildman–Crippen LogP) is 4.98. The Balaban J connectivity index is 2.49. The van der Waals surface area contributed by atoms with Crippen molar-refractivity contribution in [1.82, 2.24) is 0 Å². The molecule has 0 unspecified atom stereocenters. The molecule has 0 radical (unpaired) electrons. The van der Waals surface area contributed by atoms with E-state index in [-0.39, 0.29) is 5.41 Å². The average Bonchev–Trinajstić information content (AvgIpc) is 2.34. The van der Waals surface area contributed by atoms with Crippen molar-refractivity contribution in [3.05, 3.63) is 53.1 Å². The summed E-state index contributed by atoms with van der Waals surface area (Å²) >= 11 is 0. The maximum atomic E-state index is 6.13. The van der Waals surface area contributed by atoms with Crippen molar-refractivity contribution in [2.75, 3.05) is 5.73 Å². The fraction of sp³-hybridized carbons (Fsp3) is 0.333. The van der Waals surface area contributed by atoms with Crippen molar-refractivity contribution >= 4 is 5.69 Å². The second-order valence-electron chi connectivity index (χ2n) is 6.34. The number of hydrogen-bond acceptors (Lipinski definition) is 2. The third-order valence-corrected chi connectivity index (χ3v) is 3.40. The molecule has 2 nitrogen and oxygen atoms in total. The molecule has 0 heterocycles. The van der Waals surface area contributed by atoms with Crippen molar-refractivity contribution in [2.24, 2.45) is 0 Å². The van der Waals surface area contributed by atoms with Gasteiger partial charge in [-0.3, -0.25) is 0 Å². The van der Waals surface area contributed by atoms with Crippen LogP contribution in [0.4, 0.5) is 5.69 Å². The summed E-state index contributed by atoms with van der Waals surface area (Å²) in [6, 6.07) is 12.1. The zero-order chi connectivity index (χ0) is 14.9. The van der Waals surface area contributed by atoms with E-state index in [1.165, 1.54) is 11.1 Å². The second kappa shape index (κ2) is 5.20. The zero-order valence-corrected chi connectivity index (χ0v) is 12.9. The number of ether oxygens (including phenoxy) is 1. The Morgan fingerprint density at radius 3 is 2.30 bits per heavy atom. The molecule has 0 atom stereocenters. The largest absolute Gasteiger partial charge is 0.455 e. The number of nitrogens with two attached hydrogens (primary N) is 1. The minimum absolute atomic E-state index is 0.0266. The van der Waals surface area contributed by atoms with E-state index >= 15 is 0 Å². The van der Waals surface area contributed by atoms with Gasteiger partial charge >= 0.3 is 0 Å². The van der Waals surface area contributed by atoms with Crippen LogP contribution in [0.3, 0.4) is 0 Å². The first kappa shape index (κ1) is 14.4. The summed E-state index contributed by atoms with van der Waals surface area (Å²) in [5, 5.41) is 0. The number of rotatable bonds is 2. The Bertz CT molecular complexity index is 604. The van der Waals surface area contributed by atoms with Crippen molar-refractivity contribution in [3.8, 4) is 11.5 Å². The van der Waals surface area contributed by atoms with Crippen LogP contribution in [-0.4, -0.2) is 0 Å². The van der Waals surface area contributed by atoms with Gasteiger partial charge in [-0.25, -0.2) is 0 Å². The van der Waals surface area contributed by atoms with E-state index in [0.717, 1.165) is 17.1 Å². The molecule has 2 aromatic carbocycles. The molecule has 0 spiro atoms. The normalized spacial score (nSPS) is 11.4. The van der Waals surface area contributed by atoms with E-state index in [9.17, 15) is 0 Å². The number of nitrogen functional groups attached to an aromatic ring is 1. The predicted molar refractivity (Wildman–Crippen MR) is 85.5 cm³/mol. The molecule has 0 aliphatic rings. The summed E-state index contributed by atoms with van der Waals surface area (Å²) in [4.78, 5) is 0. The highest BCUT2D eigenvalue weighted by Crippen LogP contribution is 2.37. The van der Waals surface area contributed by atoms with E-state index in [2.05, 4.69) is 39.8 Å². The zero-order valence-electron chi connectivity index (χ0n) is 12.9. The Kier molecular flexibility index (Phi) is 3.76. The van der Waals surface area contributed by atoms with Gasteiger partial charge in [-0.1, -0.05) is 50.6 Å². The first-order valence-corrected chi connectivity index (χ1v) is 6.93. The summed E-state index contributed by atoms with van der Waals surface area (Å²) < 4.78 is 6.13. The van der Waals surface area contributed by atoms with Gasteiger partial charge in [0.1, 0.15) is 5.75 Å². The standard InChI is InChI=1S/C18H23NO/c1-12-9-10-16(14(11-12)18(3,4)5)20-17-13(2)7-6-8-15(17)19/h6-11H,19H2,1-5H3. The van der Waals surface area contributed by atoms with Crippen LogP contribution in [0.1, 0.15) is 37.5 Å². The Morgan fingerprint density at radius 2 is 1.70 bits per heavy atom. The van der Waals surface area contributed by atoms with Crippen molar-refractivity contribution in [2.45, 2.75) is 40.0 Å². The molecule has 0 bridgehead atoms. The lowest BCUT2D eigenvalue weighted by Crippen LogP contribution is -2.13. The molecule has 106 valence electrons. The van der Waals surface area contributed by atoms with Crippen LogP contribution in [0.2, 0.25) is 0 Å². The molecule has 20 heavy (non-hydrogen) atoms. The molecule has 0 amide bonds. The highest BCUT2D eigenvalue weighted by molar-refractivity contribution is 5.58. The molecule has 2 N–H and O–H groups in total. The van der Waals surface area contributed by atoms with Gasteiger partial charge in [-0.05, 0) is 37.0 Å². The lowest BCUT2D eigenvalue weighted by molar-refractivity contribution is 0.454. The van der Waals surface area contributed by atoms with E-state index < -0.39 is 0 Å². The molecular formula is C18H23NO. The summed E-state index contributed by atoms with van der Waals surface area (Å²) in [6.07, 6.45) is 0. The average molecular weight is 269 g/mol. The molecular weight excluding hydrogens is 246 g/mol. The lowest BCUT2D eigenvalue weighted by Gasteiger charge is -2.24. The summed E-state index contributed by atoms with van der Waals surface area (Å²) in [5.41, 5.74) is 10.2. The lowest BCUT2D eigenvalue weighted by atomic mass is 9.85. The minimum atomic E-state index is 0.0266. The minimum Gasteiger partial charge on any atom is -0.455 e. The number of aryl methyl sites for hydroxylation is 2. The van der Waals surface area contributed by atoms with Crippen LogP contribution in [-0.2, 0) is 5.41 Å². The van der Waals surface area contributed by atoms with Gasteiger partial charge in [-0.15, -0.1) is 0 Å². The van der Waals surface area contributed by atoms with Gasteiger partial charge in [0.2, 0.25) is 0 Å². The topological polar surface area (TPSA) is 35.2 Å². The Labute approximate surface area is 121 Å². The molecule has 2 aromatic rings. The van der Waals surface area contributed by atoms with Crippen LogP contribution in [0.15, 0.2) is 36.4 Å². The first-order chi connectivity index (χ1) is 9.29. The molecule has 0 aliphatic carbocycles. The van der Waals surface area contributed by atoms with Crippen molar-refractivity contribution in [3.63, 3.8) is 0 Å². The van der Waals surface area contributed by atoms with E-state index in [1.807, 2.05) is 31.2 Å². The van der Waals surface area contributed by atoms with Crippen LogP contribution in [0, 0.1) is 13.8 Å². The maximum absolute atomic E-state index is 6.13. The smallest absolute Gasteiger partial charge is 0.153 e. The third kappa shape index (κ3) is 2.96. The fourth-order valence-electron chi connectivity index (χ4n) is 2.24. The monoisotopic (exact) mass is 269 g/mol. The molecule has 2 heteroatoms. The summed E-state index contributed by atoms with van der Waals surface area (Å²) in [6.45, 7) is 10.7. The van der Waals surface area contributed by atoms with Gasteiger partial charge in [0.05, 0.1) is 5.69 Å². The quantitative estimate of drug-likeness (QED) is 0.781. The van der Waals surface area contributed by atoms with Crippen LogP contribution < -0.4 is 10.5 Å². The number of anilines is 1. The second-order valence-corrected chi connectivity index (χ2v) is 6.34. The summed E-state index contributed by atoms with van der Waals surface area (Å²) in [7, 11) is 0. The van der Waals surface area contributed by atoms with Gasteiger partial charge in [-0.2, -0.15) is 0 Å². The Hall–Kier alpha value is -1.96. The molecule has 0 aliphatic heterocycles. The SMILES string of the molecule is Cc1ccc(Oc2c(C)cccc2N)c(C(C)(C)C)c1. The van der Waals surface area contributed by atoms with E-state index in [0.29, 0.717) is 5.69 Å². The highest BCUT2D eigenvalue weighted by atomic mass is 16.5. The number of benzene rings is 2. The number of para-hydroxylation sites is 1. The maximum Gasteiger partial charge on any atom is 0.153 e. The molecule has 0 saturated carbocycles. The Morgan fingerprint density at radius 1 is 1.00 bits per heavy atom. The molecule has 0 aromatic heterocycles. The molecule has 0 saturated heterocycles. The third-order valence-electron chi connectivity index (χ3n) is 3.40. The molecule has 2 rings (SSSR count). The summed E-state index contributed by atoms with van der Waals surface area (Å²) in [5.74, 6) is 1.63.